The van der Waals surface area contributed by atoms with E-state index in [1.54, 1.807) is 24.4 Å². The number of hydrogen-bond donors (Lipinski definition) is 2. The minimum atomic E-state index is -1.56. The van der Waals surface area contributed by atoms with Gasteiger partial charge in [-0.2, -0.15) is 9.78 Å². The molecule has 0 fully saturated rings. The van der Waals surface area contributed by atoms with E-state index in [0.717, 1.165) is 5.56 Å². The number of aliphatic hydroxyl groups excluding tert-OH is 1. The fourth-order valence-electron chi connectivity index (χ4n) is 2.02. The van der Waals surface area contributed by atoms with E-state index < -0.39 is 6.29 Å². The molecule has 0 bridgehead atoms. The van der Waals surface area contributed by atoms with Crippen molar-refractivity contribution in [2.45, 2.75) is 12.9 Å². The molecule has 0 atom stereocenters. The van der Waals surface area contributed by atoms with Gasteiger partial charge in [0, 0.05) is 22.8 Å². The molecule has 0 aliphatic rings. The molecule has 2 N–H and O–H groups in total. The number of aromatic nitrogens is 3. The number of benzene rings is 1. The van der Waals surface area contributed by atoms with Crippen LogP contribution >= 0.6 is 11.6 Å². The number of rotatable bonds is 5. The van der Waals surface area contributed by atoms with Gasteiger partial charge in [0.25, 0.3) is 0 Å². The predicted octanol–water partition coefficient (Wildman–Crippen LogP) is 2.48. The molecule has 0 saturated heterocycles. The van der Waals surface area contributed by atoms with E-state index in [0.29, 0.717) is 28.9 Å². The van der Waals surface area contributed by atoms with Crippen LogP contribution in [0.3, 0.4) is 0 Å². The molecular formula is C16H14ClN3O3. The number of aliphatic hydroxyl groups is 2. The van der Waals surface area contributed by atoms with Gasteiger partial charge < -0.3 is 14.9 Å². The smallest absolute Gasteiger partial charge is 0.218 e. The summed E-state index contributed by atoms with van der Waals surface area (Å²) in [5.41, 5.74) is 1.30. The van der Waals surface area contributed by atoms with E-state index in [1.165, 1.54) is 23.0 Å². The van der Waals surface area contributed by atoms with Crippen molar-refractivity contribution in [3.05, 3.63) is 71.0 Å². The van der Waals surface area contributed by atoms with E-state index in [9.17, 15) is 10.2 Å². The largest absolute Gasteiger partial charge is 0.473 e. The van der Waals surface area contributed by atoms with Crippen LogP contribution in [0, 0.1) is 0 Å². The molecule has 2 heterocycles. The van der Waals surface area contributed by atoms with Crippen LogP contribution in [-0.2, 0) is 6.61 Å². The van der Waals surface area contributed by atoms with Gasteiger partial charge in [0.1, 0.15) is 6.61 Å². The lowest BCUT2D eigenvalue weighted by Gasteiger charge is -2.10. The van der Waals surface area contributed by atoms with Gasteiger partial charge in [0.05, 0.1) is 6.20 Å². The Bertz CT molecular complexity index is 787. The quantitative estimate of drug-likeness (QED) is 0.702. The van der Waals surface area contributed by atoms with Crippen molar-refractivity contribution in [1.82, 2.24) is 14.8 Å². The summed E-state index contributed by atoms with van der Waals surface area (Å²) in [4.78, 5) is 4.17. The third-order valence-corrected chi connectivity index (χ3v) is 3.44. The second-order valence-electron chi connectivity index (χ2n) is 4.82. The molecule has 0 unspecified atom stereocenters. The van der Waals surface area contributed by atoms with Gasteiger partial charge in [0.2, 0.25) is 5.88 Å². The van der Waals surface area contributed by atoms with Crippen LogP contribution in [0.25, 0.3) is 5.82 Å². The first kappa shape index (κ1) is 15.5. The van der Waals surface area contributed by atoms with Crippen molar-refractivity contribution in [1.29, 1.82) is 0 Å². The van der Waals surface area contributed by atoms with Gasteiger partial charge in [0.15, 0.2) is 12.1 Å². The summed E-state index contributed by atoms with van der Waals surface area (Å²) in [7, 11) is 0. The zero-order valence-electron chi connectivity index (χ0n) is 12.0. The lowest BCUT2D eigenvalue weighted by atomic mass is 10.2. The minimum Gasteiger partial charge on any atom is -0.473 e. The normalized spacial score (nSPS) is 11.0. The van der Waals surface area contributed by atoms with Gasteiger partial charge in [-0.25, -0.2) is 4.98 Å². The fraction of sp³-hybridized carbons (Fsp3) is 0.125. The molecule has 0 spiro atoms. The zero-order valence-corrected chi connectivity index (χ0v) is 12.8. The van der Waals surface area contributed by atoms with Crippen molar-refractivity contribution in [2.24, 2.45) is 0 Å². The molecule has 0 aliphatic carbocycles. The third-order valence-electron chi connectivity index (χ3n) is 3.19. The Kier molecular flexibility index (Phi) is 4.57. The molecule has 3 rings (SSSR count). The van der Waals surface area contributed by atoms with Crippen LogP contribution in [0.4, 0.5) is 0 Å². The number of hydrogen-bond acceptors (Lipinski definition) is 5. The molecule has 6 nitrogen and oxygen atoms in total. The molecule has 0 radical (unpaired) electrons. The second kappa shape index (κ2) is 6.78. The van der Waals surface area contributed by atoms with Crippen molar-refractivity contribution < 1.29 is 14.9 Å². The highest BCUT2D eigenvalue weighted by Crippen LogP contribution is 2.19. The number of ether oxygens (including phenoxy) is 1. The predicted molar refractivity (Wildman–Crippen MR) is 84.3 cm³/mol. The van der Waals surface area contributed by atoms with Crippen LogP contribution < -0.4 is 4.74 Å². The Morgan fingerprint density at radius 3 is 2.61 bits per heavy atom. The summed E-state index contributed by atoms with van der Waals surface area (Å²) >= 11 is 5.85. The molecule has 23 heavy (non-hydrogen) atoms. The molecule has 0 saturated carbocycles. The van der Waals surface area contributed by atoms with E-state index in [1.807, 2.05) is 12.1 Å². The van der Waals surface area contributed by atoms with Crippen molar-refractivity contribution in [2.75, 3.05) is 0 Å². The average molecular weight is 332 g/mol. The van der Waals surface area contributed by atoms with E-state index >= 15 is 0 Å². The van der Waals surface area contributed by atoms with Gasteiger partial charge in [-0.3, -0.25) is 0 Å². The van der Waals surface area contributed by atoms with Crippen molar-refractivity contribution in [3.8, 4) is 11.7 Å². The number of halogens is 1. The summed E-state index contributed by atoms with van der Waals surface area (Å²) < 4.78 is 7.24. The van der Waals surface area contributed by atoms with Crippen molar-refractivity contribution >= 4 is 11.6 Å². The topological polar surface area (TPSA) is 80.4 Å². The van der Waals surface area contributed by atoms with Crippen LogP contribution in [0.2, 0.25) is 5.02 Å². The highest BCUT2D eigenvalue weighted by molar-refractivity contribution is 6.30. The number of nitrogens with zero attached hydrogens (tertiary/aromatic N) is 3. The summed E-state index contributed by atoms with van der Waals surface area (Å²) in [6.07, 6.45) is 1.50. The van der Waals surface area contributed by atoms with Crippen molar-refractivity contribution in [3.63, 3.8) is 0 Å². The summed E-state index contributed by atoms with van der Waals surface area (Å²) in [6.45, 7) is 0.352. The van der Waals surface area contributed by atoms with E-state index in [4.69, 9.17) is 16.3 Å². The number of pyridine rings is 1. The first-order valence-electron chi connectivity index (χ1n) is 6.87. The lowest BCUT2D eigenvalue weighted by Crippen LogP contribution is -2.06. The maximum Gasteiger partial charge on any atom is 0.218 e. The summed E-state index contributed by atoms with van der Waals surface area (Å²) in [5.74, 6) is 0.934. The Morgan fingerprint density at radius 1 is 1.09 bits per heavy atom. The average Bonchev–Trinajstić information content (AvgIpc) is 3.03. The molecular weight excluding hydrogens is 318 g/mol. The van der Waals surface area contributed by atoms with Crippen LogP contribution in [0.15, 0.2) is 54.9 Å². The second-order valence-corrected chi connectivity index (χ2v) is 5.25. The molecule has 1 aromatic carbocycles. The SMILES string of the molecule is OC(O)c1ccnc(-n2nccc2OCc2ccc(Cl)cc2)c1. The van der Waals surface area contributed by atoms with Crippen LogP contribution in [0.5, 0.6) is 5.88 Å². The molecule has 7 heteroatoms. The van der Waals surface area contributed by atoms with Gasteiger partial charge in [-0.1, -0.05) is 23.7 Å². The highest BCUT2D eigenvalue weighted by atomic mass is 35.5. The first-order chi connectivity index (χ1) is 11.1. The van der Waals surface area contributed by atoms with Gasteiger partial charge >= 0.3 is 0 Å². The molecule has 118 valence electrons. The maximum absolute atomic E-state index is 9.25. The van der Waals surface area contributed by atoms with Crippen LogP contribution in [-0.4, -0.2) is 25.0 Å². The van der Waals surface area contributed by atoms with Gasteiger partial charge in [-0.15, -0.1) is 0 Å². The zero-order chi connectivity index (χ0) is 16.2. The maximum atomic E-state index is 9.25. The monoisotopic (exact) mass is 331 g/mol. The fourth-order valence-corrected chi connectivity index (χ4v) is 2.15. The van der Waals surface area contributed by atoms with E-state index in [-0.39, 0.29) is 0 Å². The Balaban J connectivity index is 1.79. The summed E-state index contributed by atoms with van der Waals surface area (Å²) in [6, 6.07) is 12.1. The van der Waals surface area contributed by atoms with Gasteiger partial charge in [-0.05, 0) is 29.8 Å². The molecule has 0 aliphatic heterocycles. The molecule has 0 amide bonds. The Morgan fingerprint density at radius 2 is 1.87 bits per heavy atom. The summed E-state index contributed by atoms with van der Waals surface area (Å²) in [5, 5.41) is 23.3. The van der Waals surface area contributed by atoms with E-state index in [2.05, 4.69) is 10.1 Å². The first-order valence-corrected chi connectivity index (χ1v) is 7.25. The Hall–Kier alpha value is -2.41. The third kappa shape index (κ3) is 3.68. The molecule has 2 aromatic heterocycles. The standard InChI is InChI=1S/C16H14ClN3O3/c17-13-3-1-11(2-4-13)10-23-15-6-8-19-20(15)14-9-12(16(21)22)5-7-18-14/h1-9,16,21-22H,10H2. The van der Waals surface area contributed by atoms with Crippen LogP contribution in [0.1, 0.15) is 17.4 Å². The highest BCUT2D eigenvalue weighted by Gasteiger charge is 2.10. The molecule has 3 aromatic rings. The minimum absolute atomic E-state index is 0.328. The Labute approximate surface area is 137 Å². The lowest BCUT2D eigenvalue weighted by molar-refractivity contribution is -0.0425.